The number of alkyl carbamates (subject to hydrolysis) is 2. The monoisotopic (exact) mass is 786 g/mol. The molecule has 14 nitrogen and oxygen atoms in total. The molecule has 3 aliphatic carbocycles. The number of imidazole rings is 2. The van der Waals surface area contributed by atoms with E-state index in [0.29, 0.717) is 11.8 Å². The first kappa shape index (κ1) is 37.7. The molecule has 5 aliphatic rings. The van der Waals surface area contributed by atoms with Gasteiger partial charge in [-0.25, -0.2) is 19.6 Å². The molecule has 2 saturated heterocycles. The number of hydrogen-bond acceptors (Lipinski definition) is 8. The zero-order valence-electron chi connectivity index (χ0n) is 33.7. The fraction of sp³-hybridized carbons (Fsp3) is 0.500. The van der Waals surface area contributed by atoms with Gasteiger partial charge in [-0.2, -0.15) is 0 Å². The Kier molecular flexibility index (Phi) is 9.44. The number of ether oxygens (including phenoxy) is 2. The van der Waals surface area contributed by atoms with E-state index < -0.39 is 24.3 Å². The van der Waals surface area contributed by atoms with Crippen LogP contribution in [0.3, 0.4) is 0 Å². The summed E-state index contributed by atoms with van der Waals surface area (Å²) in [7, 11) is 2.61. The highest BCUT2D eigenvalue weighted by Crippen LogP contribution is 2.55. The fourth-order valence-electron chi connectivity index (χ4n) is 9.52. The Labute approximate surface area is 337 Å². The van der Waals surface area contributed by atoms with Crippen LogP contribution >= 0.6 is 0 Å². The van der Waals surface area contributed by atoms with Gasteiger partial charge in [0.25, 0.3) is 0 Å². The summed E-state index contributed by atoms with van der Waals surface area (Å²) in [6, 6.07) is 10.8. The number of nitrogens with one attached hydrogen (secondary N) is 4. The zero-order valence-corrected chi connectivity index (χ0v) is 33.7. The van der Waals surface area contributed by atoms with Crippen LogP contribution in [0.4, 0.5) is 9.59 Å². The number of carbonyl (C=O) groups excluding carboxylic acids is 4. The van der Waals surface area contributed by atoms with Gasteiger partial charge in [0.2, 0.25) is 11.8 Å². The molecule has 0 radical (unpaired) electrons. The number of aromatic nitrogens is 4. The van der Waals surface area contributed by atoms with Crippen molar-refractivity contribution in [3.63, 3.8) is 0 Å². The Morgan fingerprint density at radius 1 is 0.724 bits per heavy atom. The van der Waals surface area contributed by atoms with Gasteiger partial charge in [-0.1, -0.05) is 45.6 Å². The van der Waals surface area contributed by atoms with Crippen molar-refractivity contribution in [1.82, 2.24) is 40.4 Å². The van der Waals surface area contributed by atoms with Crippen molar-refractivity contribution in [3.8, 4) is 23.1 Å². The number of aryl methyl sites for hydroxylation is 2. The molecule has 14 heteroatoms. The van der Waals surface area contributed by atoms with Crippen molar-refractivity contribution in [2.45, 2.75) is 102 Å². The number of benzene rings is 2. The zero-order chi connectivity index (χ0) is 40.6. The molecule has 9 rings (SSSR count). The molecule has 0 bridgehead atoms. The summed E-state index contributed by atoms with van der Waals surface area (Å²) >= 11 is 0. The largest absolute Gasteiger partial charge is 0.453 e. The average molecular weight is 787 g/mol. The lowest BCUT2D eigenvalue weighted by Gasteiger charge is -2.31. The maximum atomic E-state index is 13.9. The first-order chi connectivity index (χ1) is 27.9. The first-order valence-electron chi connectivity index (χ1n) is 20.5. The van der Waals surface area contributed by atoms with Crippen LogP contribution < -0.4 is 10.6 Å². The summed E-state index contributed by atoms with van der Waals surface area (Å²) in [5.74, 6) is 8.75. The molecule has 2 aliphatic heterocycles. The lowest BCUT2D eigenvalue weighted by atomic mass is 9.91. The number of H-pyrrole nitrogens is 2. The molecule has 0 spiro atoms. The standard InChI is InChI=1S/C44H50N8O6/c1-21(2)36(49-43(55)57-5)41(53)51-32-17-26(32)19-34(51)39-45-29-13-10-24(16-31(29)47-39)8-7-23-9-12-28-25(15-23)11-14-30-38(28)48-40(46-30)35-20-27-18-33(27)52(35)42(54)37(22(3)4)50-44(56)58-6/h9-10,12-13,15-16,21-22,26-27,32-37H,11,14,17-20H2,1-6H3,(H,45,47)(H,46,48)(H,49,55)(H,50,56)/t26-,27-,32-,33-,34+,35+,36-,37+/m1/s1. The van der Waals surface area contributed by atoms with Crippen LogP contribution in [-0.4, -0.2) is 92.1 Å². The van der Waals surface area contributed by atoms with Crippen LogP contribution in [0, 0.1) is 35.5 Å². The van der Waals surface area contributed by atoms with Crippen molar-refractivity contribution in [3.05, 3.63) is 70.4 Å². The number of fused-ring (bicyclic) bond motifs is 6. The van der Waals surface area contributed by atoms with E-state index in [0.717, 1.165) is 89.3 Å². The minimum absolute atomic E-state index is 0.0876. The van der Waals surface area contributed by atoms with E-state index in [4.69, 9.17) is 19.4 Å². The first-order valence-corrected chi connectivity index (χ1v) is 20.5. The van der Waals surface area contributed by atoms with Crippen LogP contribution in [-0.2, 0) is 31.9 Å². The quantitative estimate of drug-likeness (QED) is 0.169. The van der Waals surface area contributed by atoms with Crippen molar-refractivity contribution in [2.24, 2.45) is 23.7 Å². The Hall–Kier alpha value is -5.84. The van der Waals surface area contributed by atoms with Crippen molar-refractivity contribution >= 4 is 35.0 Å². The molecule has 4 aromatic rings. The number of rotatable bonds is 8. The molecule has 2 aromatic heterocycles. The maximum Gasteiger partial charge on any atom is 0.407 e. The Morgan fingerprint density at radius 2 is 1.28 bits per heavy atom. The molecule has 58 heavy (non-hydrogen) atoms. The third kappa shape index (κ3) is 6.73. The third-order valence-corrected chi connectivity index (χ3v) is 12.8. The number of aromatic amines is 2. The topological polar surface area (TPSA) is 175 Å². The van der Waals surface area contributed by atoms with E-state index in [-0.39, 0.29) is 47.8 Å². The summed E-state index contributed by atoms with van der Waals surface area (Å²) in [5.41, 5.74) is 7.69. The summed E-state index contributed by atoms with van der Waals surface area (Å²) in [4.78, 5) is 72.9. The normalized spacial score (nSPS) is 24.6. The van der Waals surface area contributed by atoms with Crippen LogP contribution in [0.25, 0.3) is 22.3 Å². The molecule has 4 fully saturated rings. The molecule has 8 atom stereocenters. The van der Waals surface area contributed by atoms with Gasteiger partial charge in [0.05, 0.1) is 43.0 Å². The predicted molar refractivity (Wildman–Crippen MR) is 214 cm³/mol. The Morgan fingerprint density at radius 3 is 1.84 bits per heavy atom. The van der Waals surface area contributed by atoms with Gasteiger partial charge >= 0.3 is 12.2 Å². The van der Waals surface area contributed by atoms with Crippen molar-refractivity contribution < 1.29 is 28.7 Å². The summed E-state index contributed by atoms with van der Waals surface area (Å²) < 4.78 is 9.62. The molecule has 4 heterocycles. The Bertz CT molecular complexity index is 2390. The lowest BCUT2D eigenvalue weighted by molar-refractivity contribution is -0.137. The predicted octanol–water partition coefficient (Wildman–Crippen LogP) is 5.54. The second-order valence-electron chi connectivity index (χ2n) is 17.3. The molecular weight excluding hydrogens is 737 g/mol. The smallest absolute Gasteiger partial charge is 0.407 e. The Balaban J connectivity index is 0.913. The molecule has 2 aromatic carbocycles. The SMILES string of the molecule is COC(=O)N[C@H](C(=O)N1[C@@H]2C[C@@H]2C[C@H]1c1nc2c([nH]1)CCc1cc(C#Cc3ccc4nc([C@@H]5C[C@H]6C[C@H]6N5C(=O)[C@H](NC(=O)OC)C(C)C)[nH]c4c3)ccc1-2)C(C)C. The number of carbonyl (C=O) groups is 4. The number of piperidine rings is 2. The van der Waals surface area contributed by atoms with E-state index >= 15 is 0 Å². The van der Waals surface area contributed by atoms with E-state index in [9.17, 15) is 19.2 Å². The van der Waals surface area contributed by atoms with Gasteiger partial charge in [-0.05, 0) is 98.1 Å². The van der Waals surface area contributed by atoms with Crippen LogP contribution in [0.2, 0.25) is 0 Å². The van der Waals surface area contributed by atoms with Gasteiger partial charge in [0.1, 0.15) is 23.7 Å². The van der Waals surface area contributed by atoms with Crippen molar-refractivity contribution in [2.75, 3.05) is 14.2 Å². The minimum Gasteiger partial charge on any atom is -0.453 e. The van der Waals surface area contributed by atoms with Gasteiger partial charge in [-0.3, -0.25) is 9.59 Å². The van der Waals surface area contributed by atoms with Gasteiger partial charge < -0.3 is 39.9 Å². The number of likely N-dealkylation sites (tertiary alicyclic amines) is 2. The maximum absolute atomic E-state index is 13.9. The van der Waals surface area contributed by atoms with E-state index in [1.165, 1.54) is 19.8 Å². The molecule has 2 saturated carbocycles. The summed E-state index contributed by atoms with van der Waals surface area (Å²) in [6.07, 6.45) is 4.07. The minimum atomic E-state index is -0.685. The number of amides is 4. The highest BCUT2D eigenvalue weighted by molar-refractivity contribution is 5.88. The number of nitrogens with zero attached hydrogens (tertiary/aromatic N) is 4. The van der Waals surface area contributed by atoms with Gasteiger partial charge in [0, 0.05) is 34.5 Å². The summed E-state index contributed by atoms with van der Waals surface area (Å²) in [5, 5.41) is 5.50. The van der Waals surface area contributed by atoms with Crippen LogP contribution in [0.1, 0.15) is 99.5 Å². The highest BCUT2D eigenvalue weighted by atomic mass is 16.5. The highest BCUT2D eigenvalue weighted by Gasteiger charge is 2.57. The average Bonchev–Trinajstić information content (AvgIpc) is 3.87. The molecule has 4 amide bonds. The van der Waals surface area contributed by atoms with Crippen LogP contribution in [0.15, 0.2) is 36.4 Å². The van der Waals surface area contributed by atoms with Crippen molar-refractivity contribution in [1.29, 1.82) is 0 Å². The second kappa shape index (κ2) is 14.5. The van der Waals surface area contributed by atoms with Gasteiger partial charge in [-0.15, -0.1) is 0 Å². The van der Waals surface area contributed by atoms with Crippen LogP contribution in [0.5, 0.6) is 0 Å². The fourth-order valence-corrected chi connectivity index (χ4v) is 9.52. The molecular formula is C44H50N8O6. The molecule has 0 unspecified atom stereocenters. The second-order valence-corrected chi connectivity index (χ2v) is 17.3. The lowest BCUT2D eigenvalue weighted by Crippen LogP contribution is -2.52. The molecule has 302 valence electrons. The summed E-state index contributed by atoms with van der Waals surface area (Å²) in [6.45, 7) is 7.70. The van der Waals surface area contributed by atoms with E-state index in [1.807, 2.05) is 61.8 Å². The third-order valence-electron chi connectivity index (χ3n) is 12.8. The van der Waals surface area contributed by atoms with Gasteiger partial charge in [0.15, 0.2) is 0 Å². The molecule has 4 N–H and O–H groups in total. The van der Waals surface area contributed by atoms with E-state index in [1.54, 1.807) is 0 Å². The number of hydrogen-bond donors (Lipinski definition) is 4. The van der Waals surface area contributed by atoms with E-state index in [2.05, 4.69) is 44.6 Å². The number of methoxy groups -OCH3 is 2.